The van der Waals surface area contributed by atoms with Crippen LogP contribution in [-0.2, 0) is 38.8 Å². The topological polar surface area (TPSA) is 86.8 Å². The molecular weight excluding hydrogens is 686 g/mol. The van der Waals surface area contributed by atoms with Crippen molar-refractivity contribution in [2.75, 3.05) is 10.8 Å². The fraction of sp³-hybridized carbons (Fsp3) is 0.257. The lowest BCUT2D eigenvalue weighted by atomic mass is 10.0. The summed E-state index contributed by atoms with van der Waals surface area (Å²) in [6.45, 7) is 2.59. The molecule has 0 aromatic heterocycles. The summed E-state index contributed by atoms with van der Waals surface area (Å²) >= 11 is 12.4. The van der Waals surface area contributed by atoms with Gasteiger partial charge in [-0.2, -0.15) is 13.2 Å². The third-order valence-electron chi connectivity index (χ3n) is 7.68. The standard InChI is InChI=1S/C35H34Cl2F3N3O4S/c1-3-24(2)41-34(45)32(20-25-11-6-4-7-12-25)42(22-26-17-18-30(36)31(37)19-26)33(44)23-43(48(46,47)29-15-8-5-9-16-29)28-14-10-13-27(21-28)35(38,39)40/h4-19,21,24,32H,3,20,22-23H2,1-2H3,(H,41,45). The fourth-order valence-electron chi connectivity index (χ4n) is 4.92. The first-order valence-corrected chi connectivity index (χ1v) is 17.2. The van der Waals surface area contributed by atoms with Crippen LogP contribution in [0, 0.1) is 0 Å². The number of anilines is 1. The number of alkyl halides is 3. The van der Waals surface area contributed by atoms with E-state index in [4.69, 9.17) is 23.2 Å². The van der Waals surface area contributed by atoms with Crippen LogP contribution in [0.2, 0.25) is 10.0 Å². The smallest absolute Gasteiger partial charge is 0.352 e. The average molecular weight is 721 g/mol. The van der Waals surface area contributed by atoms with Crippen LogP contribution in [-0.4, -0.2) is 43.8 Å². The van der Waals surface area contributed by atoms with Gasteiger partial charge >= 0.3 is 6.18 Å². The second-order valence-corrected chi connectivity index (χ2v) is 13.8. The molecule has 0 heterocycles. The zero-order chi connectivity index (χ0) is 35.1. The van der Waals surface area contributed by atoms with Crippen molar-refractivity contribution in [1.82, 2.24) is 10.2 Å². The highest BCUT2D eigenvalue weighted by molar-refractivity contribution is 7.92. The Morgan fingerprint density at radius 3 is 2.08 bits per heavy atom. The lowest BCUT2D eigenvalue weighted by molar-refractivity contribution is -0.140. The Bertz CT molecular complexity index is 1830. The largest absolute Gasteiger partial charge is 0.416 e. The number of amides is 2. The van der Waals surface area contributed by atoms with E-state index in [-0.39, 0.29) is 39.6 Å². The molecular formula is C35H34Cl2F3N3O4S. The van der Waals surface area contributed by atoms with Gasteiger partial charge in [-0.05, 0) is 66.9 Å². The molecule has 4 aromatic carbocycles. The summed E-state index contributed by atoms with van der Waals surface area (Å²) < 4.78 is 70.0. The van der Waals surface area contributed by atoms with E-state index < -0.39 is 46.2 Å². The number of benzene rings is 4. The van der Waals surface area contributed by atoms with Gasteiger partial charge in [-0.3, -0.25) is 13.9 Å². The minimum atomic E-state index is -4.78. The van der Waals surface area contributed by atoms with Gasteiger partial charge in [-0.15, -0.1) is 0 Å². The summed E-state index contributed by atoms with van der Waals surface area (Å²) in [7, 11) is -4.58. The third kappa shape index (κ3) is 9.30. The van der Waals surface area contributed by atoms with E-state index in [1.165, 1.54) is 47.4 Å². The monoisotopic (exact) mass is 719 g/mol. The van der Waals surface area contributed by atoms with Gasteiger partial charge in [0, 0.05) is 19.0 Å². The van der Waals surface area contributed by atoms with E-state index in [9.17, 15) is 31.2 Å². The molecule has 13 heteroatoms. The number of sulfonamides is 1. The summed E-state index contributed by atoms with van der Waals surface area (Å²) in [5.41, 5.74) is -0.257. The second kappa shape index (κ2) is 15.9. The molecule has 2 amide bonds. The number of carbonyl (C=O) groups is 2. The molecule has 0 saturated heterocycles. The Morgan fingerprint density at radius 2 is 1.48 bits per heavy atom. The highest BCUT2D eigenvalue weighted by Crippen LogP contribution is 2.33. The van der Waals surface area contributed by atoms with Crippen LogP contribution in [0.5, 0.6) is 0 Å². The van der Waals surface area contributed by atoms with Crippen molar-refractivity contribution in [2.45, 2.75) is 56.4 Å². The molecule has 1 N–H and O–H groups in total. The first-order valence-electron chi connectivity index (χ1n) is 15.0. The maximum Gasteiger partial charge on any atom is 0.416 e. The van der Waals surface area contributed by atoms with Crippen molar-refractivity contribution in [2.24, 2.45) is 0 Å². The molecule has 0 radical (unpaired) electrons. The zero-order valence-corrected chi connectivity index (χ0v) is 28.5. The highest BCUT2D eigenvalue weighted by Gasteiger charge is 2.36. The summed E-state index contributed by atoms with van der Waals surface area (Å²) in [5, 5.41) is 3.38. The number of hydrogen-bond acceptors (Lipinski definition) is 4. The highest BCUT2D eigenvalue weighted by atomic mass is 35.5. The molecule has 48 heavy (non-hydrogen) atoms. The number of carbonyl (C=O) groups excluding carboxylic acids is 2. The number of nitrogens with one attached hydrogen (secondary N) is 1. The number of halogens is 5. The first kappa shape index (κ1) is 36.8. The first-order chi connectivity index (χ1) is 22.7. The quantitative estimate of drug-likeness (QED) is 0.153. The molecule has 0 aliphatic rings. The number of nitrogens with zero attached hydrogens (tertiary/aromatic N) is 2. The fourth-order valence-corrected chi connectivity index (χ4v) is 6.66. The number of rotatable bonds is 13. The van der Waals surface area contributed by atoms with Crippen molar-refractivity contribution >= 4 is 50.7 Å². The van der Waals surface area contributed by atoms with Crippen molar-refractivity contribution < 1.29 is 31.2 Å². The summed E-state index contributed by atoms with van der Waals surface area (Å²) in [6, 6.07) is 23.0. The molecule has 4 rings (SSSR count). The Hall–Kier alpha value is -4.06. The van der Waals surface area contributed by atoms with Gasteiger partial charge in [0.2, 0.25) is 11.8 Å². The summed E-state index contributed by atoms with van der Waals surface area (Å²) in [4.78, 5) is 29.4. The molecule has 2 atom stereocenters. The molecule has 0 spiro atoms. The van der Waals surface area contributed by atoms with Crippen molar-refractivity contribution in [1.29, 1.82) is 0 Å². The molecule has 7 nitrogen and oxygen atoms in total. The van der Waals surface area contributed by atoms with Crippen LogP contribution in [0.1, 0.15) is 37.0 Å². The van der Waals surface area contributed by atoms with Gasteiger partial charge < -0.3 is 10.2 Å². The lowest BCUT2D eigenvalue weighted by Crippen LogP contribution is -2.54. The second-order valence-electron chi connectivity index (χ2n) is 11.2. The van der Waals surface area contributed by atoms with E-state index in [0.29, 0.717) is 22.4 Å². The van der Waals surface area contributed by atoms with Crippen LogP contribution >= 0.6 is 23.2 Å². The van der Waals surface area contributed by atoms with Crippen LogP contribution in [0.3, 0.4) is 0 Å². The van der Waals surface area contributed by atoms with Gasteiger partial charge in [0.15, 0.2) is 0 Å². The van der Waals surface area contributed by atoms with E-state index >= 15 is 0 Å². The van der Waals surface area contributed by atoms with Crippen molar-refractivity contribution in [3.05, 3.63) is 130 Å². The third-order valence-corrected chi connectivity index (χ3v) is 10.2. The minimum absolute atomic E-state index is 0.0607. The average Bonchev–Trinajstić information content (AvgIpc) is 3.07. The van der Waals surface area contributed by atoms with Crippen LogP contribution in [0.15, 0.2) is 108 Å². The Kier molecular flexibility index (Phi) is 12.2. The lowest BCUT2D eigenvalue weighted by Gasteiger charge is -2.34. The summed E-state index contributed by atoms with van der Waals surface area (Å²) in [6.07, 6.45) is -4.12. The molecule has 4 aromatic rings. The molecule has 0 aliphatic heterocycles. The van der Waals surface area contributed by atoms with Gasteiger partial charge in [-0.1, -0.05) is 90.8 Å². The predicted molar refractivity (Wildman–Crippen MR) is 181 cm³/mol. The van der Waals surface area contributed by atoms with Crippen molar-refractivity contribution in [3.8, 4) is 0 Å². The molecule has 254 valence electrons. The molecule has 0 aliphatic carbocycles. The van der Waals surface area contributed by atoms with Gasteiger partial charge in [0.05, 0.1) is 26.2 Å². The normalized spacial score (nSPS) is 13.0. The van der Waals surface area contributed by atoms with E-state index in [1.807, 2.05) is 13.8 Å². The van der Waals surface area contributed by atoms with Crippen LogP contribution in [0.25, 0.3) is 0 Å². The Balaban J connectivity index is 1.85. The molecule has 0 fully saturated rings. The maximum atomic E-state index is 14.5. The van der Waals surface area contributed by atoms with Crippen molar-refractivity contribution in [3.63, 3.8) is 0 Å². The van der Waals surface area contributed by atoms with Gasteiger partial charge in [0.1, 0.15) is 12.6 Å². The van der Waals surface area contributed by atoms with Crippen LogP contribution in [0.4, 0.5) is 18.9 Å². The molecule has 0 bridgehead atoms. The summed E-state index contributed by atoms with van der Waals surface area (Å²) in [5.74, 6) is -1.32. The maximum absolute atomic E-state index is 14.5. The van der Waals surface area contributed by atoms with E-state index in [1.54, 1.807) is 42.5 Å². The van der Waals surface area contributed by atoms with Gasteiger partial charge in [-0.25, -0.2) is 8.42 Å². The van der Waals surface area contributed by atoms with Gasteiger partial charge in [0.25, 0.3) is 10.0 Å². The zero-order valence-electron chi connectivity index (χ0n) is 26.1. The SMILES string of the molecule is CCC(C)NC(=O)C(Cc1ccccc1)N(Cc1ccc(Cl)c(Cl)c1)C(=O)CN(c1cccc(C(F)(F)F)c1)S(=O)(=O)c1ccccc1. The number of hydrogen-bond donors (Lipinski definition) is 1. The Morgan fingerprint density at radius 1 is 0.833 bits per heavy atom. The molecule has 2 unspecified atom stereocenters. The van der Waals surface area contributed by atoms with E-state index in [0.717, 1.165) is 17.7 Å². The molecule has 0 saturated carbocycles. The van der Waals surface area contributed by atoms with Crippen LogP contribution < -0.4 is 9.62 Å². The Labute approximate surface area is 288 Å². The predicted octanol–water partition coefficient (Wildman–Crippen LogP) is 7.76. The minimum Gasteiger partial charge on any atom is -0.352 e. The van der Waals surface area contributed by atoms with E-state index in [2.05, 4.69) is 5.32 Å².